The second-order valence-corrected chi connectivity index (χ2v) is 4.79. The first kappa shape index (κ1) is 12.5. The first-order chi connectivity index (χ1) is 8.74. The number of benzene rings is 2. The molecule has 0 aliphatic carbocycles. The fourth-order valence-corrected chi connectivity index (χ4v) is 1.82. The van der Waals surface area contributed by atoms with Crippen LogP contribution in [0.1, 0.15) is 30.5 Å². The van der Waals surface area contributed by atoms with E-state index in [1.54, 1.807) is 0 Å². The summed E-state index contributed by atoms with van der Waals surface area (Å²) in [5, 5.41) is 0. The van der Waals surface area contributed by atoms with E-state index in [2.05, 4.69) is 74.2 Å². The molecule has 0 spiro atoms. The Kier molecular flexibility index (Phi) is 4.20. The Morgan fingerprint density at radius 2 is 1.61 bits per heavy atom. The number of hydrogen-bond acceptors (Lipinski definition) is 0. The van der Waals surface area contributed by atoms with Crippen LogP contribution in [0.25, 0.3) is 0 Å². The van der Waals surface area contributed by atoms with Crippen LogP contribution in [-0.4, -0.2) is 0 Å². The zero-order valence-electron chi connectivity index (χ0n) is 11.0. The van der Waals surface area contributed by atoms with Gasteiger partial charge in [0.05, 0.1) is 0 Å². The van der Waals surface area contributed by atoms with E-state index in [0.29, 0.717) is 5.92 Å². The van der Waals surface area contributed by atoms with Gasteiger partial charge >= 0.3 is 0 Å². The predicted molar refractivity (Wildman–Crippen MR) is 77.4 cm³/mol. The number of hydrogen-bond donors (Lipinski definition) is 0. The topological polar surface area (TPSA) is 0 Å². The normalized spacial score (nSPS) is 9.94. The minimum atomic E-state index is 0.419. The Morgan fingerprint density at radius 3 is 2.33 bits per heavy atom. The second kappa shape index (κ2) is 6.07. The average molecular weight is 234 g/mol. The van der Waals surface area contributed by atoms with Crippen LogP contribution in [0.3, 0.4) is 0 Å². The Labute approximate surface area is 110 Å². The Bertz CT molecular complexity index is 553. The summed E-state index contributed by atoms with van der Waals surface area (Å²) in [6, 6.07) is 19.0. The minimum absolute atomic E-state index is 0.419. The smallest absolute Gasteiger partial charge is 0.0248 e. The van der Waals surface area contributed by atoms with E-state index in [-0.39, 0.29) is 0 Å². The monoisotopic (exact) mass is 234 g/mol. The minimum Gasteiger partial charge on any atom is -0.0951 e. The summed E-state index contributed by atoms with van der Waals surface area (Å²) < 4.78 is 0. The second-order valence-electron chi connectivity index (χ2n) is 4.79. The van der Waals surface area contributed by atoms with Gasteiger partial charge in [-0.2, -0.15) is 0 Å². The molecule has 0 nitrogen and oxygen atoms in total. The van der Waals surface area contributed by atoms with Gasteiger partial charge in [0.1, 0.15) is 0 Å². The van der Waals surface area contributed by atoms with Crippen LogP contribution in [0.2, 0.25) is 0 Å². The van der Waals surface area contributed by atoms with Crippen molar-refractivity contribution in [2.24, 2.45) is 5.92 Å². The molecule has 0 saturated heterocycles. The third-order valence-electron chi connectivity index (χ3n) is 2.68. The van der Waals surface area contributed by atoms with E-state index in [4.69, 9.17) is 0 Å². The zero-order valence-corrected chi connectivity index (χ0v) is 11.0. The fraction of sp³-hybridized carbons (Fsp3) is 0.222. The first-order valence-corrected chi connectivity index (χ1v) is 6.38. The molecule has 0 aliphatic heterocycles. The highest BCUT2D eigenvalue weighted by molar-refractivity contribution is 5.39. The van der Waals surface area contributed by atoms with Crippen molar-refractivity contribution in [2.45, 2.75) is 20.3 Å². The molecule has 90 valence electrons. The SMILES string of the molecule is CC(C)C#Cc1cccc(Cc2ccccc2)c1. The summed E-state index contributed by atoms with van der Waals surface area (Å²) in [6.45, 7) is 4.22. The summed E-state index contributed by atoms with van der Waals surface area (Å²) >= 11 is 0. The highest BCUT2D eigenvalue weighted by atomic mass is 14.0. The van der Waals surface area contributed by atoms with Gasteiger partial charge in [-0.25, -0.2) is 0 Å². The molecular weight excluding hydrogens is 216 g/mol. The maximum Gasteiger partial charge on any atom is 0.0248 e. The van der Waals surface area contributed by atoms with Crippen LogP contribution in [0, 0.1) is 17.8 Å². The summed E-state index contributed by atoms with van der Waals surface area (Å²) in [4.78, 5) is 0. The quantitative estimate of drug-likeness (QED) is 0.680. The Balaban J connectivity index is 2.16. The van der Waals surface area contributed by atoms with Crippen LogP contribution < -0.4 is 0 Å². The lowest BCUT2D eigenvalue weighted by atomic mass is 10.0. The lowest BCUT2D eigenvalue weighted by molar-refractivity contribution is 0.866. The van der Waals surface area contributed by atoms with Gasteiger partial charge in [-0.05, 0) is 29.7 Å². The molecule has 0 aliphatic rings. The number of rotatable bonds is 2. The molecule has 0 heterocycles. The Hall–Kier alpha value is -2.00. The molecule has 2 aromatic rings. The van der Waals surface area contributed by atoms with Crippen LogP contribution in [0.5, 0.6) is 0 Å². The van der Waals surface area contributed by atoms with Crippen LogP contribution in [0.4, 0.5) is 0 Å². The van der Waals surface area contributed by atoms with Crippen molar-refractivity contribution in [3.8, 4) is 11.8 Å². The van der Waals surface area contributed by atoms with E-state index in [9.17, 15) is 0 Å². The zero-order chi connectivity index (χ0) is 12.8. The van der Waals surface area contributed by atoms with Crippen molar-refractivity contribution in [2.75, 3.05) is 0 Å². The van der Waals surface area contributed by atoms with Gasteiger partial charge in [0.25, 0.3) is 0 Å². The molecule has 0 unspecified atom stereocenters. The van der Waals surface area contributed by atoms with Crippen molar-refractivity contribution >= 4 is 0 Å². The maximum atomic E-state index is 3.22. The Morgan fingerprint density at radius 1 is 0.889 bits per heavy atom. The summed E-state index contributed by atoms with van der Waals surface area (Å²) in [5.74, 6) is 6.84. The lowest BCUT2D eigenvalue weighted by Crippen LogP contribution is -1.88. The van der Waals surface area contributed by atoms with E-state index in [1.165, 1.54) is 11.1 Å². The van der Waals surface area contributed by atoms with Crippen molar-refractivity contribution < 1.29 is 0 Å². The van der Waals surface area contributed by atoms with E-state index < -0.39 is 0 Å². The van der Waals surface area contributed by atoms with Crippen LogP contribution in [-0.2, 0) is 6.42 Å². The molecule has 2 aromatic carbocycles. The van der Waals surface area contributed by atoms with Gasteiger partial charge in [-0.15, -0.1) is 0 Å². The lowest BCUT2D eigenvalue weighted by Gasteiger charge is -2.02. The molecule has 0 N–H and O–H groups in total. The molecule has 18 heavy (non-hydrogen) atoms. The van der Waals surface area contributed by atoms with Gasteiger partial charge in [-0.1, -0.05) is 68.2 Å². The highest BCUT2D eigenvalue weighted by Gasteiger charge is 1.96. The van der Waals surface area contributed by atoms with Crippen molar-refractivity contribution in [3.63, 3.8) is 0 Å². The van der Waals surface area contributed by atoms with Gasteiger partial charge in [-0.3, -0.25) is 0 Å². The average Bonchev–Trinajstić information content (AvgIpc) is 2.38. The standard InChI is InChI=1S/C18H18/c1-15(2)11-12-17-9-6-10-18(14-17)13-16-7-4-3-5-8-16/h3-10,14-15H,13H2,1-2H3. The maximum absolute atomic E-state index is 3.22. The fourth-order valence-electron chi connectivity index (χ4n) is 1.82. The van der Waals surface area contributed by atoms with Crippen LogP contribution in [0.15, 0.2) is 54.6 Å². The molecular formula is C18H18. The third kappa shape index (κ3) is 3.79. The molecule has 0 bridgehead atoms. The molecule has 2 rings (SSSR count). The molecule has 0 amide bonds. The molecule has 0 radical (unpaired) electrons. The summed E-state index contributed by atoms with van der Waals surface area (Å²) in [5.41, 5.74) is 3.76. The highest BCUT2D eigenvalue weighted by Crippen LogP contribution is 2.11. The largest absolute Gasteiger partial charge is 0.0951 e. The molecule has 0 aromatic heterocycles. The van der Waals surface area contributed by atoms with Crippen molar-refractivity contribution in [1.29, 1.82) is 0 Å². The molecule has 0 heteroatoms. The van der Waals surface area contributed by atoms with E-state index >= 15 is 0 Å². The summed E-state index contributed by atoms with van der Waals surface area (Å²) in [7, 11) is 0. The first-order valence-electron chi connectivity index (χ1n) is 6.38. The van der Waals surface area contributed by atoms with Crippen LogP contribution >= 0.6 is 0 Å². The van der Waals surface area contributed by atoms with Gasteiger partial charge in [0.15, 0.2) is 0 Å². The van der Waals surface area contributed by atoms with E-state index in [0.717, 1.165) is 12.0 Å². The van der Waals surface area contributed by atoms with Crippen molar-refractivity contribution in [3.05, 3.63) is 71.3 Å². The third-order valence-corrected chi connectivity index (χ3v) is 2.68. The van der Waals surface area contributed by atoms with Crippen molar-refractivity contribution in [1.82, 2.24) is 0 Å². The van der Waals surface area contributed by atoms with Gasteiger partial charge in [0.2, 0.25) is 0 Å². The van der Waals surface area contributed by atoms with Gasteiger partial charge < -0.3 is 0 Å². The predicted octanol–water partition coefficient (Wildman–Crippen LogP) is 4.28. The molecule has 0 saturated carbocycles. The molecule has 0 atom stereocenters. The van der Waals surface area contributed by atoms with E-state index in [1.807, 2.05) is 6.07 Å². The van der Waals surface area contributed by atoms with Gasteiger partial charge in [0, 0.05) is 11.5 Å². The summed E-state index contributed by atoms with van der Waals surface area (Å²) in [6.07, 6.45) is 0.970. The molecule has 0 fully saturated rings.